The van der Waals surface area contributed by atoms with Crippen LogP contribution in [-0.4, -0.2) is 93.7 Å². The van der Waals surface area contributed by atoms with Crippen molar-refractivity contribution in [1.82, 2.24) is 14.9 Å². The first-order valence-corrected chi connectivity index (χ1v) is 17.2. The Balaban J connectivity index is 1.33. The Labute approximate surface area is 274 Å². The number of alkyl carbamates (subject to hydrolysis) is 1. The Morgan fingerprint density at radius 3 is 2.45 bits per heavy atom. The van der Waals surface area contributed by atoms with Crippen LogP contribution in [-0.2, 0) is 30.7 Å². The van der Waals surface area contributed by atoms with Crippen molar-refractivity contribution in [2.75, 3.05) is 33.1 Å². The SMILES string of the molecule is CC(C)CN(C[C@@H](O)[C@H](Cc1ccc(OC(=O)NC(C)C)cc1)NC(=O)OC1COC2OCCC12)S(=O)(=O)c1ccc2c(c1)OCO2. The molecule has 0 radical (unpaired) electrons. The Hall–Kier alpha value is -3.63. The van der Waals surface area contributed by atoms with Gasteiger partial charge in [-0.1, -0.05) is 26.0 Å². The number of rotatable bonds is 13. The normalized spacial score (nSPS) is 21.5. The van der Waals surface area contributed by atoms with Crippen LogP contribution in [0.4, 0.5) is 9.59 Å². The topological polar surface area (TPSA) is 171 Å². The lowest BCUT2D eigenvalue weighted by molar-refractivity contribution is -0.0907. The van der Waals surface area contributed by atoms with Gasteiger partial charge in [-0.05, 0) is 62.4 Å². The van der Waals surface area contributed by atoms with Gasteiger partial charge in [0, 0.05) is 25.2 Å². The molecule has 258 valence electrons. The molecular formula is C32H43N3O11S. The van der Waals surface area contributed by atoms with Crippen molar-refractivity contribution >= 4 is 22.2 Å². The van der Waals surface area contributed by atoms with Gasteiger partial charge in [-0.15, -0.1) is 0 Å². The molecule has 2 amide bonds. The predicted molar refractivity (Wildman–Crippen MR) is 168 cm³/mol. The number of carbonyl (C=O) groups is 2. The zero-order valence-electron chi connectivity index (χ0n) is 26.9. The first kappa shape index (κ1) is 34.7. The van der Waals surface area contributed by atoms with Crippen molar-refractivity contribution in [3.05, 3.63) is 48.0 Å². The van der Waals surface area contributed by atoms with E-state index in [9.17, 15) is 23.1 Å². The number of hydrogen-bond donors (Lipinski definition) is 3. The summed E-state index contributed by atoms with van der Waals surface area (Å²) < 4.78 is 61.8. The average Bonchev–Trinajstić information content (AvgIpc) is 3.75. The highest BCUT2D eigenvalue weighted by molar-refractivity contribution is 7.89. The zero-order valence-corrected chi connectivity index (χ0v) is 27.7. The number of nitrogens with one attached hydrogen (secondary N) is 2. The highest BCUT2D eigenvalue weighted by Crippen LogP contribution is 2.35. The highest BCUT2D eigenvalue weighted by atomic mass is 32.2. The molecule has 2 aromatic carbocycles. The van der Waals surface area contributed by atoms with E-state index in [2.05, 4.69) is 10.6 Å². The summed E-state index contributed by atoms with van der Waals surface area (Å²) in [6.07, 6.45) is -2.83. The molecule has 3 aliphatic heterocycles. The van der Waals surface area contributed by atoms with Crippen LogP contribution in [0.2, 0.25) is 0 Å². The maximum Gasteiger partial charge on any atom is 0.412 e. The molecule has 47 heavy (non-hydrogen) atoms. The number of carbonyl (C=O) groups excluding carboxylic acids is 2. The average molecular weight is 678 g/mol. The van der Waals surface area contributed by atoms with Crippen LogP contribution < -0.4 is 24.8 Å². The van der Waals surface area contributed by atoms with Crippen molar-refractivity contribution in [3.63, 3.8) is 0 Å². The van der Waals surface area contributed by atoms with Crippen LogP contribution in [0.3, 0.4) is 0 Å². The van der Waals surface area contributed by atoms with E-state index in [1.54, 1.807) is 24.3 Å². The quantitative estimate of drug-likeness (QED) is 0.285. The van der Waals surface area contributed by atoms with Gasteiger partial charge in [-0.2, -0.15) is 4.31 Å². The van der Waals surface area contributed by atoms with E-state index in [4.69, 9.17) is 28.4 Å². The minimum atomic E-state index is -4.09. The third kappa shape index (κ3) is 8.84. The van der Waals surface area contributed by atoms with E-state index in [-0.39, 0.29) is 55.7 Å². The summed E-state index contributed by atoms with van der Waals surface area (Å²) in [6, 6.07) is 9.91. The van der Waals surface area contributed by atoms with Gasteiger partial charge < -0.3 is 44.2 Å². The summed E-state index contributed by atoms with van der Waals surface area (Å²) in [5, 5.41) is 17.0. The van der Waals surface area contributed by atoms with Crippen molar-refractivity contribution in [2.45, 2.75) is 76.0 Å². The second kappa shape index (κ2) is 15.1. The summed E-state index contributed by atoms with van der Waals surface area (Å²) in [4.78, 5) is 25.2. The number of amides is 2. The lowest BCUT2D eigenvalue weighted by atomic mass is 10.0. The second-order valence-corrected chi connectivity index (χ2v) is 14.5. The minimum Gasteiger partial charge on any atom is -0.454 e. The van der Waals surface area contributed by atoms with E-state index >= 15 is 0 Å². The van der Waals surface area contributed by atoms with E-state index < -0.39 is 46.7 Å². The van der Waals surface area contributed by atoms with Gasteiger partial charge in [0.25, 0.3) is 0 Å². The van der Waals surface area contributed by atoms with Crippen molar-refractivity contribution in [2.24, 2.45) is 11.8 Å². The summed E-state index contributed by atoms with van der Waals surface area (Å²) in [6.45, 7) is 7.87. The number of ether oxygens (including phenoxy) is 6. The molecule has 3 unspecified atom stereocenters. The van der Waals surface area contributed by atoms with Crippen LogP contribution in [0.15, 0.2) is 47.4 Å². The first-order chi connectivity index (χ1) is 22.4. The van der Waals surface area contributed by atoms with E-state index in [1.165, 1.54) is 22.5 Å². The van der Waals surface area contributed by atoms with Crippen LogP contribution in [0.1, 0.15) is 39.7 Å². The van der Waals surface area contributed by atoms with Gasteiger partial charge in [0.1, 0.15) is 11.9 Å². The standard InChI is InChI=1S/C32H43N3O11S/c1-19(2)15-35(47(39,40)23-9-10-27-28(14-23)44-18-43-27)16-26(36)25(34-32(38)46-29-17-42-30-24(29)11-12-41-30)13-21-5-7-22(8-6-21)45-31(37)33-20(3)4/h5-10,14,19-20,24-26,29-30,36H,11-13,15-18H2,1-4H3,(H,33,37)(H,34,38)/t24?,25-,26+,29?,30?/m0/s1. The van der Waals surface area contributed by atoms with Gasteiger partial charge in [-0.25, -0.2) is 18.0 Å². The summed E-state index contributed by atoms with van der Waals surface area (Å²) >= 11 is 0. The van der Waals surface area contributed by atoms with Crippen molar-refractivity contribution in [1.29, 1.82) is 0 Å². The van der Waals surface area contributed by atoms with Crippen LogP contribution in [0, 0.1) is 11.8 Å². The Kier molecular flexibility index (Phi) is 11.1. The van der Waals surface area contributed by atoms with Crippen LogP contribution in [0.25, 0.3) is 0 Å². The molecule has 3 aliphatic rings. The molecule has 3 N–H and O–H groups in total. The second-order valence-electron chi connectivity index (χ2n) is 12.6. The molecule has 0 saturated carbocycles. The molecule has 0 aliphatic carbocycles. The zero-order chi connectivity index (χ0) is 33.7. The third-order valence-corrected chi connectivity index (χ3v) is 9.78. The molecule has 2 aromatic rings. The van der Waals surface area contributed by atoms with Gasteiger partial charge in [0.2, 0.25) is 16.8 Å². The van der Waals surface area contributed by atoms with Crippen molar-refractivity contribution in [3.8, 4) is 17.2 Å². The Morgan fingerprint density at radius 2 is 1.72 bits per heavy atom. The molecule has 5 rings (SSSR count). The smallest absolute Gasteiger partial charge is 0.412 e. The molecule has 0 bridgehead atoms. The molecule has 15 heteroatoms. The number of hydrogen-bond acceptors (Lipinski definition) is 11. The number of benzene rings is 2. The number of fused-ring (bicyclic) bond motifs is 2. The van der Waals surface area contributed by atoms with Gasteiger partial charge in [-0.3, -0.25) is 0 Å². The van der Waals surface area contributed by atoms with Crippen molar-refractivity contribution < 1.29 is 51.5 Å². The highest BCUT2D eigenvalue weighted by Gasteiger charge is 2.44. The molecule has 14 nitrogen and oxygen atoms in total. The molecule has 2 saturated heterocycles. The molecule has 0 spiro atoms. The molecule has 0 aromatic heterocycles. The lowest BCUT2D eigenvalue weighted by Gasteiger charge is -2.31. The van der Waals surface area contributed by atoms with Gasteiger partial charge in [0.05, 0.1) is 36.2 Å². The fourth-order valence-corrected chi connectivity index (χ4v) is 7.31. The maximum atomic E-state index is 13.9. The first-order valence-electron chi connectivity index (χ1n) is 15.7. The fourth-order valence-electron chi connectivity index (χ4n) is 5.67. The molecule has 3 heterocycles. The van der Waals surface area contributed by atoms with E-state index in [1.807, 2.05) is 27.7 Å². The fraction of sp³-hybridized carbons (Fsp3) is 0.562. The number of aliphatic hydroxyl groups excluding tert-OH is 1. The van der Waals surface area contributed by atoms with Gasteiger partial charge in [0.15, 0.2) is 17.8 Å². The Morgan fingerprint density at radius 1 is 0.979 bits per heavy atom. The number of sulfonamides is 1. The number of aliphatic hydroxyl groups is 1. The van der Waals surface area contributed by atoms with Crippen LogP contribution >= 0.6 is 0 Å². The molecule has 2 fully saturated rings. The summed E-state index contributed by atoms with van der Waals surface area (Å²) in [5.41, 5.74) is 0.688. The third-order valence-electron chi connectivity index (χ3n) is 7.95. The number of nitrogens with zero attached hydrogens (tertiary/aromatic N) is 1. The Bertz CT molecular complexity index is 1500. The molecule has 5 atom stereocenters. The minimum absolute atomic E-state index is 0.00361. The monoisotopic (exact) mass is 677 g/mol. The van der Waals surface area contributed by atoms with Crippen LogP contribution in [0.5, 0.6) is 17.2 Å². The largest absolute Gasteiger partial charge is 0.454 e. The van der Waals surface area contributed by atoms with E-state index in [0.29, 0.717) is 35.8 Å². The van der Waals surface area contributed by atoms with Gasteiger partial charge >= 0.3 is 12.2 Å². The summed E-state index contributed by atoms with van der Waals surface area (Å²) in [7, 11) is -4.09. The lowest BCUT2D eigenvalue weighted by Crippen LogP contribution is -2.51. The van der Waals surface area contributed by atoms with E-state index in [0.717, 1.165) is 0 Å². The maximum absolute atomic E-state index is 13.9. The molecular weight excluding hydrogens is 634 g/mol. The predicted octanol–water partition coefficient (Wildman–Crippen LogP) is 3.02. The summed E-state index contributed by atoms with van der Waals surface area (Å²) in [5.74, 6) is 0.911.